The molecule has 1 amide bonds. The zero-order chi connectivity index (χ0) is 14.6. The van der Waals surface area contributed by atoms with Crippen LogP contribution in [-0.2, 0) is 0 Å². The lowest BCUT2D eigenvalue weighted by atomic mass is 9.54. The second-order valence-corrected chi connectivity index (χ2v) is 8.30. The molecule has 0 aromatic heterocycles. The van der Waals surface area contributed by atoms with Gasteiger partial charge < -0.3 is 5.11 Å². The van der Waals surface area contributed by atoms with Crippen LogP contribution in [0.15, 0.2) is 24.3 Å². The van der Waals surface area contributed by atoms with E-state index in [-0.39, 0.29) is 6.04 Å². The summed E-state index contributed by atoms with van der Waals surface area (Å²) in [6, 6.07) is 8.13. The van der Waals surface area contributed by atoms with Gasteiger partial charge in [-0.05, 0) is 103 Å². The van der Waals surface area contributed by atoms with Crippen LogP contribution in [0.3, 0.4) is 0 Å². The number of nitrogens with zero attached hydrogens (tertiary/aromatic N) is 1. The summed E-state index contributed by atoms with van der Waals surface area (Å²) >= 11 is 2.26. The van der Waals surface area contributed by atoms with E-state index in [2.05, 4.69) is 22.6 Å². The standard InChI is InChI=1S/C17H20INO2/c18-14-1-3-15(4-2-14)19(17(20)21)16-12-6-10-5-11(8-12)9-13(16)7-10/h1-4,10-13,16H,5-9H2,(H,20,21). The molecule has 5 rings (SSSR count). The minimum Gasteiger partial charge on any atom is -0.465 e. The topological polar surface area (TPSA) is 40.5 Å². The van der Waals surface area contributed by atoms with E-state index in [4.69, 9.17) is 0 Å². The summed E-state index contributed by atoms with van der Waals surface area (Å²) < 4.78 is 1.15. The number of halogens is 1. The van der Waals surface area contributed by atoms with Crippen molar-refractivity contribution in [3.05, 3.63) is 27.8 Å². The van der Waals surface area contributed by atoms with Gasteiger partial charge >= 0.3 is 6.09 Å². The molecule has 4 aliphatic rings. The van der Waals surface area contributed by atoms with Crippen LogP contribution in [-0.4, -0.2) is 17.2 Å². The zero-order valence-corrected chi connectivity index (χ0v) is 14.1. The molecular weight excluding hydrogens is 377 g/mol. The van der Waals surface area contributed by atoms with E-state index in [1.165, 1.54) is 32.1 Å². The largest absolute Gasteiger partial charge is 0.465 e. The summed E-state index contributed by atoms with van der Waals surface area (Å²) in [6.45, 7) is 0. The molecule has 21 heavy (non-hydrogen) atoms. The number of benzene rings is 1. The number of hydrogen-bond donors (Lipinski definition) is 1. The maximum absolute atomic E-state index is 11.9. The van der Waals surface area contributed by atoms with Crippen LogP contribution in [0, 0.1) is 27.2 Å². The van der Waals surface area contributed by atoms with Crippen LogP contribution in [0.2, 0.25) is 0 Å². The number of anilines is 1. The van der Waals surface area contributed by atoms with Crippen molar-refractivity contribution in [2.75, 3.05) is 4.90 Å². The van der Waals surface area contributed by atoms with Gasteiger partial charge in [-0.25, -0.2) is 4.79 Å². The Balaban J connectivity index is 1.68. The molecule has 0 aliphatic heterocycles. The number of carbonyl (C=O) groups is 1. The Morgan fingerprint density at radius 2 is 1.52 bits per heavy atom. The molecular formula is C17H20INO2. The summed E-state index contributed by atoms with van der Waals surface area (Å²) in [6.07, 6.45) is 5.58. The molecule has 1 aromatic rings. The normalized spacial score (nSPS) is 36.7. The summed E-state index contributed by atoms with van der Waals surface area (Å²) in [4.78, 5) is 13.6. The first-order valence-corrected chi connectivity index (χ1v) is 8.97. The Morgan fingerprint density at radius 1 is 1.00 bits per heavy atom. The van der Waals surface area contributed by atoms with Crippen molar-refractivity contribution in [1.82, 2.24) is 0 Å². The minimum absolute atomic E-state index is 0.204. The molecule has 4 heteroatoms. The average molecular weight is 397 g/mol. The summed E-state index contributed by atoms with van der Waals surface area (Å²) in [7, 11) is 0. The Morgan fingerprint density at radius 3 is 2.00 bits per heavy atom. The van der Waals surface area contributed by atoms with Crippen LogP contribution in [0.5, 0.6) is 0 Å². The van der Waals surface area contributed by atoms with Gasteiger partial charge in [0.1, 0.15) is 0 Å². The highest BCUT2D eigenvalue weighted by atomic mass is 127. The van der Waals surface area contributed by atoms with E-state index in [1.54, 1.807) is 4.90 Å². The van der Waals surface area contributed by atoms with Gasteiger partial charge in [-0.15, -0.1) is 0 Å². The molecule has 3 nitrogen and oxygen atoms in total. The molecule has 1 N–H and O–H groups in total. The van der Waals surface area contributed by atoms with E-state index in [9.17, 15) is 9.90 Å². The van der Waals surface area contributed by atoms with Gasteiger partial charge in [0, 0.05) is 15.3 Å². The van der Waals surface area contributed by atoms with Crippen LogP contribution >= 0.6 is 22.6 Å². The second-order valence-electron chi connectivity index (χ2n) is 7.05. The lowest BCUT2D eigenvalue weighted by Crippen LogP contribution is -2.57. The van der Waals surface area contributed by atoms with Crippen molar-refractivity contribution < 1.29 is 9.90 Å². The van der Waals surface area contributed by atoms with Crippen LogP contribution in [0.1, 0.15) is 32.1 Å². The lowest BCUT2D eigenvalue weighted by molar-refractivity contribution is -0.00198. The van der Waals surface area contributed by atoms with Gasteiger partial charge in [-0.2, -0.15) is 0 Å². The molecule has 112 valence electrons. The maximum Gasteiger partial charge on any atom is 0.412 e. The van der Waals surface area contributed by atoms with Crippen molar-refractivity contribution in [1.29, 1.82) is 0 Å². The first-order chi connectivity index (χ1) is 10.1. The van der Waals surface area contributed by atoms with Crippen molar-refractivity contribution in [2.24, 2.45) is 23.7 Å². The predicted molar refractivity (Wildman–Crippen MR) is 90.5 cm³/mol. The molecule has 4 saturated carbocycles. The highest BCUT2D eigenvalue weighted by Crippen LogP contribution is 2.55. The van der Waals surface area contributed by atoms with E-state index >= 15 is 0 Å². The first kappa shape index (κ1) is 13.9. The van der Waals surface area contributed by atoms with Crippen LogP contribution in [0.25, 0.3) is 0 Å². The molecule has 4 fully saturated rings. The maximum atomic E-state index is 11.9. The Bertz CT molecular complexity index is 528. The van der Waals surface area contributed by atoms with Gasteiger partial charge in [0.15, 0.2) is 0 Å². The van der Waals surface area contributed by atoms with E-state index in [0.29, 0.717) is 11.8 Å². The first-order valence-electron chi connectivity index (χ1n) is 7.89. The van der Waals surface area contributed by atoms with Crippen LogP contribution in [0.4, 0.5) is 10.5 Å². The fourth-order valence-electron chi connectivity index (χ4n) is 5.33. The van der Waals surface area contributed by atoms with Crippen molar-refractivity contribution in [2.45, 2.75) is 38.1 Å². The SMILES string of the molecule is O=C(O)N(c1ccc(I)cc1)C1C2CC3CC(C2)CC1C3. The van der Waals surface area contributed by atoms with E-state index in [0.717, 1.165) is 21.1 Å². The third-order valence-corrected chi connectivity index (χ3v) is 6.51. The summed E-state index contributed by atoms with van der Waals surface area (Å²) in [5.41, 5.74) is 0.848. The molecule has 0 radical (unpaired) electrons. The van der Waals surface area contributed by atoms with Crippen molar-refractivity contribution in [3.63, 3.8) is 0 Å². The summed E-state index contributed by atoms with van der Waals surface area (Å²) in [5.74, 6) is 2.90. The molecule has 0 unspecified atom stereocenters. The highest BCUT2D eigenvalue weighted by molar-refractivity contribution is 14.1. The molecule has 0 atom stereocenters. The average Bonchev–Trinajstić information content (AvgIpc) is 2.43. The molecule has 0 spiro atoms. The third-order valence-electron chi connectivity index (χ3n) is 5.79. The number of carboxylic acid groups (broad SMARTS) is 1. The summed E-state index contributed by atoms with van der Waals surface area (Å²) in [5, 5.41) is 9.80. The molecule has 0 heterocycles. The molecule has 4 bridgehead atoms. The minimum atomic E-state index is -0.784. The van der Waals surface area contributed by atoms with Crippen molar-refractivity contribution >= 4 is 34.4 Å². The Kier molecular flexibility index (Phi) is 3.39. The molecule has 1 aromatic carbocycles. The predicted octanol–water partition coefficient (Wildman–Crippen LogP) is 4.60. The Labute approximate surface area is 138 Å². The number of rotatable bonds is 2. The van der Waals surface area contributed by atoms with Crippen molar-refractivity contribution in [3.8, 4) is 0 Å². The fourth-order valence-corrected chi connectivity index (χ4v) is 5.69. The van der Waals surface area contributed by atoms with Gasteiger partial charge in [0.25, 0.3) is 0 Å². The van der Waals surface area contributed by atoms with E-state index < -0.39 is 6.09 Å². The quantitative estimate of drug-likeness (QED) is 0.742. The number of hydrogen-bond acceptors (Lipinski definition) is 1. The lowest BCUT2D eigenvalue weighted by Gasteiger charge is -2.56. The molecule has 0 saturated heterocycles. The smallest absolute Gasteiger partial charge is 0.412 e. The monoisotopic (exact) mass is 397 g/mol. The number of amides is 1. The van der Waals surface area contributed by atoms with Gasteiger partial charge in [-0.3, -0.25) is 4.90 Å². The van der Waals surface area contributed by atoms with Gasteiger partial charge in [-0.1, -0.05) is 0 Å². The molecule has 4 aliphatic carbocycles. The van der Waals surface area contributed by atoms with Gasteiger partial charge in [0.05, 0.1) is 0 Å². The second kappa shape index (κ2) is 5.14. The van der Waals surface area contributed by atoms with Gasteiger partial charge in [0.2, 0.25) is 0 Å². The zero-order valence-electron chi connectivity index (χ0n) is 11.9. The van der Waals surface area contributed by atoms with E-state index in [1.807, 2.05) is 24.3 Å². The third kappa shape index (κ3) is 2.35. The highest BCUT2D eigenvalue weighted by Gasteiger charge is 2.51. The Hall–Kier alpha value is -0.780. The van der Waals surface area contributed by atoms with Crippen LogP contribution < -0.4 is 4.90 Å². The fraction of sp³-hybridized carbons (Fsp3) is 0.588.